The average Bonchev–Trinajstić information content (AvgIpc) is 3.04. The SMILES string of the molecule is O=C(O)c1ccc2nc(NCCCNc3ncc(SC(F)F)cn3)sc2c1. The number of carboxylic acid groups (broad SMARTS) is 1. The lowest BCUT2D eigenvalue weighted by Gasteiger charge is -2.06. The number of hydrogen-bond acceptors (Lipinski definition) is 8. The van der Waals surface area contributed by atoms with Crippen molar-refractivity contribution in [2.45, 2.75) is 17.1 Å². The van der Waals surface area contributed by atoms with Gasteiger partial charge in [0.2, 0.25) is 5.95 Å². The summed E-state index contributed by atoms with van der Waals surface area (Å²) < 4.78 is 25.3. The Kier molecular flexibility index (Phi) is 6.35. The molecule has 0 saturated heterocycles. The number of thioether (sulfide) groups is 1. The van der Waals surface area contributed by atoms with Gasteiger partial charge in [-0.15, -0.1) is 0 Å². The van der Waals surface area contributed by atoms with Gasteiger partial charge in [0.15, 0.2) is 5.13 Å². The van der Waals surface area contributed by atoms with E-state index in [4.69, 9.17) is 5.11 Å². The van der Waals surface area contributed by atoms with E-state index in [1.165, 1.54) is 29.8 Å². The molecule has 7 nitrogen and oxygen atoms in total. The summed E-state index contributed by atoms with van der Waals surface area (Å²) in [5.74, 6) is -3.07. The Morgan fingerprint density at radius 2 is 1.96 bits per heavy atom. The van der Waals surface area contributed by atoms with E-state index in [0.717, 1.165) is 21.8 Å². The Morgan fingerprint density at radius 3 is 2.67 bits per heavy atom. The molecular formula is C16H15F2N5O2S2. The van der Waals surface area contributed by atoms with Crippen LogP contribution in [0, 0.1) is 0 Å². The molecule has 0 radical (unpaired) electrons. The number of thiazole rings is 1. The normalized spacial score (nSPS) is 11.1. The molecule has 2 aromatic heterocycles. The molecule has 3 N–H and O–H groups in total. The molecular weight excluding hydrogens is 396 g/mol. The van der Waals surface area contributed by atoms with Crippen LogP contribution < -0.4 is 10.6 Å². The zero-order valence-corrected chi connectivity index (χ0v) is 15.5. The Balaban J connectivity index is 1.43. The minimum absolute atomic E-state index is 0.236. The molecule has 0 saturated carbocycles. The van der Waals surface area contributed by atoms with Crippen LogP contribution in [0.2, 0.25) is 0 Å². The van der Waals surface area contributed by atoms with Gasteiger partial charge in [0, 0.05) is 30.4 Å². The molecule has 3 rings (SSSR count). The monoisotopic (exact) mass is 411 g/mol. The van der Waals surface area contributed by atoms with Crippen molar-refractivity contribution in [1.82, 2.24) is 15.0 Å². The summed E-state index contributed by atoms with van der Waals surface area (Å²) in [5, 5.41) is 15.9. The average molecular weight is 411 g/mol. The molecule has 1 aromatic carbocycles. The van der Waals surface area contributed by atoms with E-state index in [-0.39, 0.29) is 5.56 Å². The molecule has 0 bridgehead atoms. The third kappa shape index (κ3) is 5.47. The van der Waals surface area contributed by atoms with E-state index in [0.29, 0.717) is 35.7 Å². The molecule has 0 amide bonds. The minimum Gasteiger partial charge on any atom is -0.478 e. The largest absolute Gasteiger partial charge is 0.478 e. The molecule has 142 valence electrons. The first kappa shape index (κ1) is 19.2. The number of aromatic nitrogens is 3. The van der Waals surface area contributed by atoms with Gasteiger partial charge in [-0.3, -0.25) is 0 Å². The number of hydrogen-bond donors (Lipinski definition) is 3. The summed E-state index contributed by atoms with van der Waals surface area (Å²) >= 11 is 1.80. The number of halogens is 2. The van der Waals surface area contributed by atoms with Crippen molar-refractivity contribution >= 4 is 50.4 Å². The Bertz CT molecular complexity index is 921. The number of carbonyl (C=O) groups is 1. The zero-order chi connectivity index (χ0) is 19.2. The maximum Gasteiger partial charge on any atom is 0.335 e. The number of nitrogens with zero attached hydrogens (tertiary/aromatic N) is 3. The zero-order valence-electron chi connectivity index (χ0n) is 13.9. The van der Waals surface area contributed by atoms with Crippen LogP contribution >= 0.6 is 23.1 Å². The van der Waals surface area contributed by atoms with Gasteiger partial charge in [0.05, 0.1) is 15.8 Å². The van der Waals surface area contributed by atoms with Gasteiger partial charge >= 0.3 is 5.97 Å². The van der Waals surface area contributed by atoms with Crippen molar-refractivity contribution in [1.29, 1.82) is 0 Å². The third-order valence-electron chi connectivity index (χ3n) is 3.40. The second-order valence-corrected chi connectivity index (χ2v) is 7.43. The number of benzene rings is 1. The molecule has 0 unspecified atom stereocenters. The maximum absolute atomic E-state index is 12.2. The van der Waals surface area contributed by atoms with Crippen LogP contribution in [0.3, 0.4) is 0 Å². The highest BCUT2D eigenvalue weighted by Crippen LogP contribution is 2.27. The first-order valence-electron chi connectivity index (χ1n) is 7.90. The number of aromatic carboxylic acids is 1. The molecule has 3 aromatic rings. The molecule has 2 heterocycles. The standard InChI is InChI=1S/C16H15F2N5O2S2/c17-14(18)26-10-7-21-15(22-8-10)19-4-1-5-20-16-23-11-3-2-9(13(24)25)6-12(11)27-16/h2-3,6-8,14H,1,4-5H2,(H,20,23)(H,24,25)(H,19,21,22). The number of nitrogens with one attached hydrogen (secondary N) is 2. The van der Waals surface area contributed by atoms with Crippen molar-refractivity contribution in [3.63, 3.8) is 0 Å². The van der Waals surface area contributed by atoms with E-state index < -0.39 is 11.7 Å². The minimum atomic E-state index is -2.49. The van der Waals surface area contributed by atoms with Crippen LogP contribution in [0.1, 0.15) is 16.8 Å². The van der Waals surface area contributed by atoms with Crippen LogP contribution in [0.25, 0.3) is 10.2 Å². The van der Waals surface area contributed by atoms with Gasteiger partial charge in [-0.25, -0.2) is 19.7 Å². The lowest BCUT2D eigenvalue weighted by molar-refractivity contribution is 0.0697. The summed E-state index contributed by atoms with van der Waals surface area (Å²) in [6.45, 7) is 1.25. The fourth-order valence-electron chi connectivity index (χ4n) is 2.19. The summed E-state index contributed by atoms with van der Waals surface area (Å²) in [6, 6.07) is 4.83. The number of fused-ring (bicyclic) bond motifs is 1. The first-order valence-corrected chi connectivity index (χ1v) is 9.59. The fourth-order valence-corrected chi connectivity index (χ4v) is 3.55. The number of anilines is 2. The molecule has 0 atom stereocenters. The third-order valence-corrected chi connectivity index (χ3v) is 5.04. The number of alkyl halides is 2. The van der Waals surface area contributed by atoms with Crippen molar-refractivity contribution in [3.05, 3.63) is 36.2 Å². The predicted octanol–water partition coefficient (Wildman–Crippen LogP) is 4.01. The van der Waals surface area contributed by atoms with Crippen molar-refractivity contribution in [2.75, 3.05) is 23.7 Å². The van der Waals surface area contributed by atoms with Crippen LogP contribution in [0.5, 0.6) is 0 Å². The first-order chi connectivity index (χ1) is 13.0. The van der Waals surface area contributed by atoms with Crippen molar-refractivity contribution in [2.24, 2.45) is 0 Å². The van der Waals surface area contributed by atoms with E-state index in [2.05, 4.69) is 25.6 Å². The summed E-state index contributed by atoms with van der Waals surface area (Å²) in [4.78, 5) is 23.7. The van der Waals surface area contributed by atoms with Crippen LogP contribution in [-0.4, -0.2) is 44.9 Å². The van der Waals surface area contributed by atoms with E-state index in [1.54, 1.807) is 12.1 Å². The highest BCUT2D eigenvalue weighted by molar-refractivity contribution is 7.99. The Morgan fingerprint density at radius 1 is 1.22 bits per heavy atom. The lowest BCUT2D eigenvalue weighted by atomic mass is 10.2. The van der Waals surface area contributed by atoms with Crippen LogP contribution in [0.15, 0.2) is 35.5 Å². The summed E-state index contributed by atoms with van der Waals surface area (Å²) in [6.07, 6.45) is 3.47. The molecule has 0 aliphatic heterocycles. The Hall–Kier alpha value is -2.53. The Labute approximate surface area is 161 Å². The van der Waals surface area contributed by atoms with E-state index in [9.17, 15) is 13.6 Å². The number of rotatable bonds is 9. The van der Waals surface area contributed by atoms with Gasteiger partial charge in [-0.05, 0) is 24.6 Å². The quantitative estimate of drug-likeness (QED) is 0.359. The van der Waals surface area contributed by atoms with Gasteiger partial charge in [0.25, 0.3) is 5.76 Å². The van der Waals surface area contributed by atoms with Gasteiger partial charge in [-0.2, -0.15) is 8.78 Å². The van der Waals surface area contributed by atoms with Gasteiger partial charge < -0.3 is 15.7 Å². The van der Waals surface area contributed by atoms with E-state index >= 15 is 0 Å². The molecule has 0 aliphatic carbocycles. The van der Waals surface area contributed by atoms with E-state index in [1.807, 2.05) is 0 Å². The lowest BCUT2D eigenvalue weighted by Crippen LogP contribution is -2.10. The van der Waals surface area contributed by atoms with Crippen LogP contribution in [0.4, 0.5) is 19.9 Å². The molecule has 27 heavy (non-hydrogen) atoms. The molecule has 0 fully saturated rings. The topological polar surface area (TPSA) is 100 Å². The second-order valence-electron chi connectivity index (χ2n) is 5.33. The summed E-state index contributed by atoms with van der Waals surface area (Å²) in [5.41, 5.74) is 0.987. The smallest absolute Gasteiger partial charge is 0.335 e. The maximum atomic E-state index is 12.2. The fraction of sp³-hybridized carbons (Fsp3) is 0.250. The van der Waals surface area contributed by atoms with Crippen molar-refractivity contribution in [3.8, 4) is 0 Å². The van der Waals surface area contributed by atoms with Gasteiger partial charge in [-0.1, -0.05) is 23.1 Å². The van der Waals surface area contributed by atoms with Gasteiger partial charge in [0.1, 0.15) is 0 Å². The van der Waals surface area contributed by atoms with Crippen LogP contribution in [-0.2, 0) is 0 Å². The van der Waals surface area contributed by atoms with Crippen molar-refractivity contribution < 1.29 is 18.7 Å². The molecule has 0 aliphatic rings. The number of carboxylic acids is 1. The molecule has 0 spiro atoms. The summed E-state index contributed by atoms with van der Waals surface area (Å²) in [7, 11) is 0. The molecule has 11 heteroatoms. The second kappa shape index (κ2) is 8.91. The highest BCUT2D eigenvalue weighted by atomic mass is 32.2. The highest BCUT2D eigenvalue weighted by Gasteiger charge is 2.08. The predicted molar refractivity (Wildman–Crippen MR) is 102 cm³/mol.